The zero-order valence-electron chi connectivity index (χ0n) is 10.7. The Labute approximate surface area is 97.3 Å². The molecule has 0 aliphatic carbocycles. The summed E-state index contributed by atoms with van der Waals surface area (Å²) < 4.78 is 0. The van der Waals surface area contributed by atoms with Gasteiger partial charge in [0.25, 0.3) is 0 Å². The van der Waals surface area contributed by atoms with E-state index in [2.05, 4.69) is 39.0 Å². The maximum absolute atomic E-state index is 11.8. The lowest BCUT2D eigenvalue weighted by atomic mass is 9.85. The topological polar surface area (TPSA) is 20.3 Å². The number of likely N-dealkylation sites (N-methyl/N-ethyl adjacent to an activating group) is 1. The molecule has 1 atom stereocenters. The molecule has 0 N–H and O–H groups in total. The van der Waals surface area contributed by atoms with Crippen LogP contribution in [-0.2, 0) is 10.2 Å². The molecule has 1 aliphatic heterocycles. The monoisotopic (exact) mass is 217 g/mol. The van der Waals surface area contributed by atoms with Gasteiger partial charge in [-0.15, -0.1) is 0 Å². The summed E-state index contributed by atoms with van der Waals surface area (Å²) >= 11 is 0. The van der Waals surface area contributed by atoms with E-state index in [1.54, 1.807) is 4.90 Å². The zero-order valence-corrected chi connectivity index (χ0v) is 10.7. The summed E-state index contributed by atoms with van der Waals surface area (Å²) in [4.78, 5) is 13.6. The van der Waals surface area contributed by atoms with Gasteiger partial charge in [0.15, 0.2) is 0 Å². The van der Waals surface area contributed by atoms with Crippen LogP contribution < -0.4 is 4.90 Å². The second kappa shape index (κ2) is 3.34. The average Bonchev–Trinajstić information content (AvgIpc) is 2.43. The highest BCUT2D eigenvalue weighted by Crippen LogP contribution is 2.38. The van der Waals surface area contributed by atoms with Gasteiger partial charge in [-0.1, -0.05) is 32.9 Å². The normalized spacial score (nSPS) is 20.2. The highest BCUT2D eigenvalue weighted by atomic mass is 16.2. The fourth-order valence-corrected chi connectivity index (χ4v) is 2.21. The van der Waals surface area contributed by atoms with Crippen molar-refractivity contribution in [2.24, 2.45) is 0 Å². The number of rotatable bonds is 0. The van der Waals surface area contributed by atoms with Gasteiger partial charge in [0, 0.05) is 12.7 Å². The molecule has 0 fully saturated rings. The molecule has 1 aromatic rings. The molecule has 86 valence electrons. The molecule has 0 saturated carbocycles. The summed E-state index contributed by atoms with van der Waals surface area (Å²) in [6, 6.07) is 6.39. The third-order valence-corrected chi connectivity index (χ3v) is 3.43. The summed E-state index contributed by atoms with van der Waals surface area (Å²) in [5, 5.41) is 0. The van der Waals surface area contributed by atoms with Crippen molar-refractivity contribution in [3.05, 3.63) is 29.3 Å². The van der Waals surface area contributed by atoms with Crippen LogP contribution in [0.5, 0.6) is 0 Å². The van der Waals surface area contributed by atoms with E-state index in [0.717, 1.165) is 11.3 Å². The Hall–Kier alpha value is -1.31. The number of hydrogen-bond acceptors (Lipinski definition) is 1. The first kappa shape index (κ1) is 11.2. The maximum atomic E-state index is 11.8. The average molecular weight is 217 g/mol. The van der Waals surface area contributed by atoms with Crippen molar-refractivity contribution in [3.8, 4) is 0 Å². The van der Waals surface area contributed by atoms with Crippen molar-refractivity contribution < 1.29 is 4.79 Å². The number of hydrogen-bond donors (Lipinski definition) is 0. The number of amides is 1. The number of fused-ring (bicyclic) bond motifs is 1. The second-order valence-corrected chi connectivity index (χ2v) is 5.64. The highest BCUT2D eigenvalue weighted by Gasteiger charge is 2.32. The number of anilines is 1. The van der Waals surface area contributed by atoms with E-state index >= 15 is 0 Å². The lowest BCUT2D eigenvalue weighted by Crippen LogP contribution is -2.22. The van der Waals surface area contributed by atoms with E-state index in [1.807, 2.05) is 14.0 Å². The standard InChI is InChI=1S/C14H19NO/c1-9-11-7-6-10(14(2,3)4)8-12(11)15(5)13(9)16/h6-9H,1-5H3/t9-/m1/s1. The van der Waals surface area contributed by atoms with Gasteiger partial charge >= 0.3 is 0 Å². The van der Waals surface area contributed by atoms with Crippen LogP contribution >= 0.6 is 0 Å². The number of nitrogens with zero attached hydrogens (tertiary/aromatic N) is 1. The van der Waals surface area contributed by atoms with Crippen molar-refractivity contribution >= 4 is 11.6 Å². The largest absolute Gasteiger partial charge is 0.315 e. The summed E-state index contributed by atoms with van der Waals surface area (Å²) in [7, 11) is 1.86. The van der Waals surface area contributed by atoms with E-state index in [-0.39, 0.29) is 17.2 Å². The molecule has 16 heavy (non-hydrogen) atoms. The van der Waals surface area contributed by atoms with Crippen LogP contribution in [0.1, 0.15) is 44.7 Å². The van der Waals surface area contributed by atoms with Gasteiger partial charge in [0.2, 0.25) is 5.91 Å². The first-order valence-corrected chi connectivity index (χ1v) is 5.74. The number of benzene rings is 1. The van der Waals surface area contributed by atoms with Crippen LogP contribution in [0.2, 0.25) is 0 Å². The molecule has 1 aliphatic rings. The van der Waals surface area contributed by atoms with Gasteiger partial charge in [-0.3, -0.25) is 4.79 Å². The molecule has 0 aromatic heterocycles. The van der Waals surface area contributed by atoms with E-state index in [0.29, 0.717) is 0 Å². The summed E-state index contributed by atoms with van der Waals surface area (Å²) in [6.45, 7) is 8.54. The van der Waals surface area contributed by atoms with Crippen molar-refractivity contribution in [3.63, 3.8) is 0 Å². The second-order valence-electron chi connectivity index (χ2n) is 5.64. The highest BCUT2D eigenvalue weighted by molar-refractivity contribution is 6.04. The van der Waals surface area contributed by atoms with Gasteiger partial charge in [-0.05, 0) is 29.5 Å². The first-order valence-electron chi connectivity index (χ1n) is 5.74. The van der Waals surface area contributed by atoms with Gasteiger partial charge in [0.1, 0.15) is 0 Å². The van der Waals surface area contributed by atoms with E-state index < -0.39 is 0 Å². The summed E-state index contributed by atoms with van der Waals surface area (Å²) in [5.41, 5.74) is 3.63. The van der Waals surface area contributed by atoms with E-state index in [4.69, 9.17) is 0 Å². The van der Waals surface area contributed by atoms with Crippen molar-refractivity contribution in [2.75, 3.05) is 11.9 Å². The molecular formula is C14H19NO. The van der Waals surface area contributed by atoms with Crippen LogP contribution in [0.3, 0.4) is 0 Å². The molecule has 2 nitrogen and oxygen atoms in total. The van der Waals surface area contributed by atoms with Gasteiger partial charge in [-0.25, -0.2) is 0 Å². The fraction of sp³-hybridized carbons (Fsp3) is 0.500. The summed E-state index contributed by atoms with van der Waals surface area (Å²) in [6.07, 6.45) is 0. The van der Waals surface area contributed by atoms with E-state index in [1.165, 1.54) is 5.56 Å². The zero-order chi connectivity index (χ0) is 12.1. The molecule has 0 bridgehead atoms. The fourth-order valence-electron chi connectivity index (χ4n) is 2.21. The minimum absolute atomic E-state index is 0.00835. The van der Waals surface area contributed by atoms with Crippen LogP contribution in [0.4, 0.5) is 5.69 Å². The molecule has 0 radical (unpaired) electrons. The molecule has 0 spiro atoms. The Morgan fingerprint density at radius 1 is 1.25 bits per heavy atom. The lowest BCUT2D eigenvalue weighted by molar-refractivity contribution is -0.118. The Morgan fingerprint density at radius 3 is 2.44 bits per heavy atom. The quantitative estimate of drug-likeness (QED) is 0.654. The van der Waals surface area contributed by atoms with Crippen LogP contribution in [0, 0.1) is 0 Å². The van der Waals surface area contributed by atoms with Crippen LogP contribution in [0.25, 0.3) is 0 Å². The molecular weight excluding hydrogens is 198 g/mol. The number of carbonyl (C=O) groups excluding carboxylic acids is 1. The Balaban J connectivity index is 2.54. The van der Waals surface area contributed by atoms with Gasteiger partial charge in [-0.2, -0.15) is 0 Å². The molecule has 2 heteroatoms. The Bertz CT molecular complexity index is 443. The molecule has 1 heterocycles. The molecule has 0 saturated heterocycles. The molecule has 1 aromatic carbocycles. The smallest absolute Gasteiger partial charge is 0.234 e. The molecule has 1 amide bonds. The van der Waals surface area contributed by atoms with Gasteiger partial charge in [0.05, 0.1) is 5.92 Å². The minimum atomic E-state index is 0.00835. The van der Waals surface area contributed by atoms with Crippen molar-refractivity contribution in [2.45, 2.75) is 39.0 Å². The van der Waals surface area contributed by atoms with E-state index in [9.17, 15) is 4.79 Å². The number of carbonyl (C=O) groups is 1. The predicted molar refractivity (Wildman–Crippen MR) is 67.0 cm³/mol. The van der Waals surface area contributed by atoms with Crippen LogP contribution in [0.15, 0.2) is 18.2 Å². The third kappa shape index (κ3) is 1.53. The Kier molecular flexibility index (Phi) is 2.33. The van der Waals surface area contributed by atoms with Crippen molar-refractivity contribution in [1.29, 1.82) is 0 Å². The Morgan fingerprint density at radius 2 is 1.88 bits per heavy atom. The summed E-state index contributed by atoms with van der Waals surface area (Å²) in [5.74, 6) is 0.204. The van der Waals surface area contributed by atoms with Crippen molar-refractivity contribution in [1.82, 2.24) is 0 Å². The maximum Gasteiger partial charge on any atom is 0.234 e. The van der Waals surface area contributed by atoms with Gasteiger partial charge < -0.3 is 4.90 Å². The van der Waals surface area contributed by atoms with Crippen LogP contribution in [-0.4, -0.2) is 13.0 Å². The molecule has 0 unspecified atom stereocenters. The third-order valence-electron chi connectivity index (χ3n) is 3.43. The SMILES string of the molecule is C[C@H]1C(=O)N(C)c2cc(C(C)(C)C)ccc21. The first-order chi connectivity index (χ1) is 7.32. The predicted octanol–water partition coefficient (Wildman–Crippen LogP) is 3.06. The minimum Gasteiger partial charge on any atom is -0.315 e. The lowest BCUT2D eigenvalue weighted by Gasteiger charge is -2.21. The molecule has 2 rings (SSSR count).